The second kappa shape index (κ2) is 5.21. The summed E-state index contributed by atoms with van der Waals surface area (Å²) in [6, 6.07) is 4.93. The largest absolute Gasteiger partial charge is 0.497 e. The summed E-state index contributed by atoms with van der Waals surface area (Å²) in [5.74, 6) is 0.824. The molecule has 0 aliphatic carbocycles. The minimum absolute atomic E-state index is 0.0727. The van der Waals surface area contributed by atoms with Crippen LogP contribution in [0.25, 0.3) is 0 Å². The minimum Gasteiger partial charge on any atom is -0.497 e. The third-order valence-electron chi connectivity index (χ3n) is 2.15. The van der Waals surface area contributed by atoms with Crippen LogP contribution in [0.15, 0.2) is 30.5 Å². The number of methoxy groups -OCH3 is 3. The third-order valence-corrected chi connectivity index (χ3v) is 2.15. The molecule has 0 radical (unpaired) electrons. The van der Waals surface area contributed by atoms with E-state index in [0.717, 1.165) is 0 Å². The maximum absolute atomic E-state index is 11.8. The van der Waals surface area contributed by atoms with Crippen LogP contribution in [0, 0.1) is 0 Å². The monoisotopic (exact) mass is 222 g/mol. The van der Waals surface area contributed by atoms with Crippen molar-refractivity contribution in [3.63, 3.8) is 0 Å². The molecule has 0 N–H and O–H groups in total. The Labute approximate surface area is 94.4 Å². The molecule has 0 saturated carbocycles. The van der Waals surface area contributed by atoms with Crippen LogP contribution >= 0.6 is 0 Å². The number of benzene rings is 1. The second-order valence-electron chi connectivity index (χ2n) is 3.02. The molecular formula is C12H14O4. The molecule has 0 unspecified atom stereocenters. The van der Waals surface area contributed by atoms with E-state index in [2.05, 4.69) is 6.58 Å². The molecule has 1 aromatic rings. The van der Waals surface area contributed by atoms with Gasteiger partial charge in [0.25, 0.3) is 0 Å². The van der Waals surface area contributed by atoms with E-state index in [1.807, 2.05) is 0 Å². The number of carbonyl (C=O) groups excluding carboxylic acids is 1. The average molecular weight is 222 g/mol. The summed E-state index contributed by atoms with van der Waals surface area (Å²) in [7, 11) is 4.43. The fourth-order valence-electron chi connectivity index (χ4n) is 1.23. The van der Waals surface area contributed by atoms with Gasteiger partial charge in [0.2, 0.25) is 5.78 Å². The average Bonchev–Trinajstić information content (AvgIpc) is 2.35. The van der Waals surface area contributed by atoms with Crippen LogP contribution in [0.5, 0.6) is 11.5 Å². The molecule has 0 heterocycles. The smallest absolute Gasteiger partial charge is 0.230 e. The van der Waals surface area contributed by atoms with Crippen molar-refractivity contribution in [2.24, 2.45) is 0 Å². The first-order valence-electron chi connectivity index (χ1n) is 4.63. The normalized spacial score (nSPS) is 9.44. The molecular weight excluding hydrogens is 208 g/mol. The molecule has 0 spiro atoms. The van der Waals surface area contributed by atoms with Gasteiger partial charge in [0.05, 0.1) is 26.9 Å². The number of hydrogen-bond acceptors (Lipinski definition) is 4. The summed E-state index contributed by atoms with van der Waals surface area (Å²) in [6.45, 7) is 3.51. The van der Waals surface area contributed by atoms with Gasteiger partial charge in [-0.25, -0.2) is 0 Å². The molecule has 86 valence electrons. The highest BCUT2D eigenvalue weighted by molar-refractivity contribution is 6.08. The van der Waals surface area contributed by atoms with Crippen LogP contribution in [0.1, 0.15) is 10.4 Å². The highest BCUT2D eigenvalue weighted by atomic mass is 16.5. The lowest BCUT2D eigenvalue weighted by Gasteiger charge is -2.10. The Bertz CT molecular complexity index is 409. The number of hydrogen-bond donors (Lipinski definition) is 0. The Kier molecular flexibility index (Phi) is 3.94. The van der Waals surface area contributed by atoms with Crippen molar-refractivity contribution in [1.82, 2.24) is 0 Å². The van der Waals surface area contributed by atoms with Crippen LogP contribution in [-0.2, 0) is 4.74 Å². The van der Waals surface area contributed by atoms with E-state index in [-0.39, 0.29) is 11.5 Å². The first kappa shape index (κ1) is 12.1. The molecule has 4 nitrogen and oxygen atoms in total. The van der Waals surface area contributed by atoms with E-state index >= 15 is 0 Å². The predicted molar refractivity (Wildman–Crippen MR) is 60.0 cm³/mol. The van der Waals surface area contributed by atoms with Gasteiger partial charge in [-0.15, -0.1) is 0 Å². The standard InChI is InChI=1S/C12H14O4/c1-8(14-2)12(13)10-6-5-9(15-3)7-11(10)16-4/h5-7H,1H2,2-4H3. The summed E-state index contributed by atoms with van der Waals surface area (Å²) in [5, 5.41) is 0. The van der Waals surface area contributed by atoms with Gasteiger partial charge < -0.3 is 14.2 Å². The van der Waals surface area contributed by atoms with Gasteiger partial charge in [0.15, 0.2) is 5.76 Å². The topological polar surface area (TPSA) is 44.8 Å². The van der Waals surface area contributed by atoms with E-state index < -0.39 is 0 Å². The van der Waals surface area contributed by atoms with Gasteiger partial charge in [-0.3, -0.25) is 4.79 Å². The maximum atomic E-state index is 11.8. The van der Waals surface area contributed by atoms with E-state index in [1.54, 1.807) is 25.3 Å². The number of carbonyl (C=O) groups is 1. The SMILES string of the molecule is C=C(OC)C(=O)c1ccc(OC)cc1OC. The first-order chi connectivity index (χ1) is 7.63. The maximum Gasteiger partial charge on any atom is 0.230 e. The lowest BCUT2D eigenvalue weighted by Crippen LogP contribution is -2.06. The Morgan fingerprint density at radius 2 is 1.88 bits per heavy atom. The van der Waals surface area contributed by atoms with E-state index in [4.69, 9.17) is 14.2 Å². The molecule has 0 saturated heterocycles. The van der Waals surface area contributed by atoms with Crippen LogP contribution in [-0.4, -0.2) is 27.1 Å². The highest BCUT2D eigenvalue weighted by Gasteiger charge is 2.16. The van der Waals surface area contributed by atoms with Crippen molar-refractivity contribution in [1.29, 1.82) is 0 Å². The zero-order valence-electron chi connectivity index (χ0n) is 9.57. The molecule has 0 aliphatic rings. The zero-order valence-corrected chi connectivity index (χ0v) is 9.57. The van der Waals surface area contributed by atoms with Crippen LogP contribution < -0.4 is 9.47 Å². The number of Topliss-reactive ketones (excluding diaryl/α,β-unsaturated/α-hetero) is 1. The highest BCUT2D eigenvalue weighted by Crippen LogP contribution is 2.26. The third kappa shape index (κ3) is 2.34. The van der Waals surface area contributed by atoms with E-state index in [9.17, 15) is 4.79 Å². The molecule has 1 rings (SSSR count). The van der Waals surface area contributed by atoms with Gasteiger partial charge in [-0.2, -0.15) is 0 Å². The molecule has 0 aromatic heterocycles. The summed E-state index contributed by atoms with van der Waals surface area (Å²) in [5.41, 5.74) is 0.398. The Morgan fingerprint density at radius 3 is 2.38 bits per heavy atom. The summed E-state index contributed by atoms with van der Waals surface area (Å²) < 4.78 is 14.9. The number of rotatable bonds is 5. The van der Waals surface area contributed by atoms with Crippen molar-refractivity contribution >= 4 is 5.78 Å². The minimum atomic E-state index is -0.304. The summed E-state index contributed by atoms with van der Waals surface area (Å²) in [6.07, 6.45) is 0. The van der Waals surface area contributed by atoms with Gasteiger partial charge in [-0.05, 0) is 12.1 Å². The molecule has 0 fully saturated rings. The quantitative estimate of drug-likeness (QED) is 0.434. The van der Waals surface area contributed by atoms with Crippen LogP contribution in [0.3, 0.4) is 0 Å². The van der Waals surface area contributed by atoms with Crippen molar-refractivity contribution in [2.75, 3.05) is 21.3 Å². The molecule has 0 aliphatic heterocycles. The molecule has 4 heteroatoms. The van der Waals surface area contributed by atoms with Crippen molar-refractivity contribution in [3.8, 4) is 11.5 Å². The molecule has 0 amide bonds. The van der Waals surface area contributed by atoms with Crippen molar-refractivity contribution in [2.45, 2.75) is 0 Å². The summed E-state index contributed by atoms with van der Waals surface area (Å²) >= 11 is 0. The molecule has 16 heavy (non-hydrogen) atoms. The van der Waals surface area contributed by atoms with Gasteiger partial charge in [-0.1, -0.05) is 6.58 Å². The molecule has 0 bridgehead atoms. The van der Waals surface area contributed by atoms with Gasteiger partial charge >= 0.3 is 0 Å². The zero-order chi connectivity index (χ0) is 12.1. The summed E-state index contributed by atoms with van der Waals surface area (Å²) in [4.78, 5) is 11.8. The predicted octanol–water partition coefficient (Wildman–Crippen LogP) is 2.05. The number of allylic oxidation sites excluding steroid dienone is 1. The van der Waals surface area contributed by atoms with Crippen molar-refractivity contribution < 1.29 is 19.0 Å². The lowest BCUT2D eigenvalue weighted by atomic mass is 10.1. The van der Waals surface area contributed by atoms with Crippen LogP contribution in [0.2, 0.25) is 0 Å². The van der Waals surface area contributed by atoms with Crippen molar-refractivity contribution in [3.05, 3.63) is 36.1 Å². The lowest BCUT2D eigenvalue weighted by molar-refractivity contribution is 0.0952. The first-order valence-corrected chi connectivity index (χ1v) is 4.63. The molecule has 1 aromatic carbocycles. The Morgan fingerprint density at radius 1 is 1.19 bits per heavy atom. The second-order valence-corrected chi connectivity index (χ2v) is 3.02. The van der Waals surface area contributed by atoms with Crippen LogP contribution in [0.4, 0.5) is 0 Å². The fourth-order valence-corrected chi connectivity index (χ4v) is 1.23. The van der Waals surface area contributed by atoms with Gasteiger partial charge in [0.1, 0.15) is 11.5 Å². The number of ketones is 1. The van der Waals surface area contributed by atoms with Gasteiger partial charge in [0, 0.05) is 6.07 Å². The fraction of sp³-hybridized carbons (Fsp3) is 0.250. The van der Waals surface area contributed by atoms with E-state index in [1.165, 1.54) is 14.2 Å². The molecule has 0 atom stereocenters. The Hall–Kier alpha value is -1.97. The van der Waals surface area contributed by atoms with E-state index in [0.29, 0.717) is 17.1 Å². The Balaban J connectivity index is 3.13. The number of ether oxygens (including phenoxy) is 3.